The van der Waals surface area contributed by atoms with Crippen molar-refractivity contribution in [2.75, 3.05) is 17.7 Å². The Labute approximate surface area is 192 Å². The molecule has 0 fully saturated rings. The third-order valence-electron chi connectivity index (χ3n) is 4.77. The van der Waals surface area contributed by atoms with Gasteiger partial charge < -0.3 is 20.5 Å². The summed E-state index contributed by atoms with van der Waals surface area (Å²) < 4.78 is 1.88. The topological polar surface area (TPSA) is 88.2 Å². The van der Waals surface area contributed by atoms with Crippen LogP contribution < -0.4 is 16.0 Å². The Morgan fingerprint density at radius 1 is 1.22 bits per heavy atom. The molecule has 3 N–H and O–H groups in total. The van der Waals surface area contributed by atoms with Crippen molar-refractivity contribution in [1.82, 2.24) is 19.9 Å². The van der Waals surface area contributed by atoms with Crippen LogP contribution in [0.2, 0.25) is 5.02 Å². The molecule has 1 aromatic carbocycles. The van der Waals surface area contributed by atoms with Gasteiger partial charge in [-0.25, -0.2) is 4.85 Å². The summed E-state index contributed by atoms with van der Waals surface area (Å²) in [5.41, 5.74) is 1.22. The minimum atomic E-state index is -0.492. The summed E-state index contributed by atoms with van der Waals surface area (Å²) in [6.45, 7) is 11.5. The van der Waals surface area contributed by atoms with Crippen LogP contribution in [0.5, 0.6) is 0 Å². The number of benzene rings is 1. The standard InChI is InChI=1S/C23H26ClN7O/c1-15(2)11-19(22(32)27-14-16-7-8-17(25-3)12-18(16)24)28-20-13-21(30-23(26-4)29-20)31-9-5-6-10-31/h5-10,12-13,15,19H,11,14H2,1-2,4H3,(H,27,32)(H2,26,28,29,30). The van der Waals surface area contributed by atoms with Gasteiger partial charge in [-0.1, -0.05) is 37.6 Å². The Hall–Kier alpha value is -3.57. The van der Waals surface area contributed by atoms with Gasteiger partial charge in [0.05, 0.1) is 6.57 Å². The molecule has 32 heavy (non-hydrogen) atoms. The van der Waals surface area contributed by atoms with Gasteiger partial charge in [0.15, 0.2) is 5.69 Å². The molecule has 1 unspecified atom stereocenters. The van der Waals surface area contributed by atoms with E-state index in [-0.39, 0.29) is 18.4 Å². The maximum atomic E-state index is 13.0. The number of nitrogens with zero attached hydrogens (tertiary/aromatic N) is 4. The van der Waals surface area contributed by atoms with Crippen molar-refractivity contribution in [2.45, 2.75) is 32.9 Å². The summed E-state index contributed by atoms with van der Waals surface area (Å²) in [4.78, 5) is 25.3. The lowest BCUT2D eigenvalue weighted by Crippen LogP contribution is -2.40. The van der Waals surface area contributed by atoms with Crippen molar-refractivity contribution in [3.05, 3.63) is 70.8 Å². The Bertz CT molecular complexity index is 1110. The summed E-state index contributed by atoms with van der Waals surface area (Å²) in [5.74, 6) is 1.82. The van der Waals surface area contributed by atoms with E-state index in [0.29, 0.717) is 34.7 Å². The second-order valence-corrected chi connectivity index (χ2v) is 8.11. The first-order chi connectivity index (χ1) is 15.4. The normalized spacial score (nSPS) is 11.6. The lowest BCUT2D eigenvalue weighted by atomic mass is 10.0. The molecule has 0 spiro atoms. The number of aromatic nitrogens is 3. The average molecular weight is 452 g/mol. The highest BCUT2D eigenvalue weighted by Gasteiger charge is 2.21. The van der Waals surface area contributed by atoms with Crippen molar-refractivity contribution in [1.29, 1.82) is 0 Å². The molecule has 2 aromatic heterocycles. The predicted octanol–water partition coefficient (Wildman–Crippen LogP) is 4.66. The van der Waals surface area contributed by atoms with Gasteiger partial charge in [-0.3, -0.25) is 4.79 Å². The van der Waals surface area contributed by atoms with Gasteiger partial charge in [0.2, 0.25) is 11.9 Å². The van der Waals surface area contributed by atoms with E-state index in [4.69, 9.17) is 18.2 Å². The third-order valence-corrected chi connectivity index (χ3v) is 5.12. The molecular weight excluding hydrogens is 426 g/mol. The molecule has 0 saturated carbocycles. The number of nitrogens with one attached hydrogen (secondary N) is 3. The quantitative estimate of drug-likeness (QED) is 0.412. The highest BCUT2D eigenvalue weighted by molar-refractivity contribution is 6.31. The number of amides is 1. The number of rotatable bonds is 9. The van der Waals surface area contributed by atoms with E-state index < -0.39 is 6.04 Å². The van der Waals surface area contributed by atoms with Crippen LogP contribution in [0.15, 0.2) is 48.8 Å². The van der Waals surface area contributed by atoms with Crippen molar-refractivity contribution in [3.8, 4) is 5.82 Å². The summed E-state index contributed by atoms with van der Waals surface area (Å²) in [6, 6.07) is 10.2. The minimum absolute atomic E-state index is 0.156. The molecule has 2 heterocycles. The molecule has 1 amide bonds. The number of carbonyl (C=O) groups excluding carboxylic acids is 1. The molecule has 0 aliphatic heterocycles. The Morgan fingerprint density at radius 2 is 1.97 bits per heavy atom. The fourth-order valence-electron chi connectivity index (χ4n) is 3.18. The van der Waals surface area contributed by atoms with Crippen LogP contribution >= 0.6 is 11.6 Å². The zero-order valence-electron chi connectivity index (χ0n) is 18.3. The SMILES string of the molecule is [C-]#[N+]c1ccc(CNC(=O)C(CC(C)C)Nc2cc(-n3cccc3)nc(NC)n2)c(Cl)c1. The highest BCUT2D eigenvalue weighted by atomic mass is 35.5. The molecule has 0 aliphatic carbocycles. The van der Waals surface area contributed by atoms with E-state index >= 15 is 0 Å². The maximum Gasteiger partial charge on any atom is 0.242 e. The summed E-state index contributed by atoms with van der Waals surface area (Å²) >= 11 is 6.25. The minimum Gasteiger partial charge on any atom is -0.358 e. The smallest absolute Gasteiger partial charge is 0.242 e. The van der Waals surface area contributed by atoms with Gasteiger partial charge in [-0.05, 0) is 36.1 Å². The van der Waals surface area contributed by atoms with Gasteiger partial charge >= 0.3 is 0 Å². The van der Waals surface area contributed by atoms with Crippen molar-refractivity contribution < 1.29 is 4.79 Å². The fourth-order valence-corrected chi connectivity index (χ4v) is 3.42. The second kappa shape index (κ2) is 10.6. The van der Waals surface area contributed by atoms with Gasteiger partial charge in [0.25, 0.3) is 0 Å². The van der Waals surface area contributed by atoms with Crippen molar-refractivity contribution >= 4 is 35.0 Å². The molecule has 0 saturated heterocycles. The van der Waals surface area contributed by atoms with E-state index in [1.165, 1.54) is 0 Å². The number of hydrogen-bond acceptors (Lipinski definition) is 5. The van der Waals surface area contributed by atoms with Gasteiger partial charge in [0.1, 0.15) is 17.7 Å². The summed E-state index contributed by atoms with van der Waals surface area (Å²) in [7, 11) is 1.75. The van der Waals surface area contributed by atoms with Crippen molar-refractivity contribution in [3.63, 3.8) is 0 Å². The van der Waals surface area contributed by atoms with E-state index in [1.807, 2.05) is 29.1 Å². The Kier molecular flexibility index (Phi) is 7.68. The number of anilines is 2. The van der Waals surface area contributed by atoms with Crippen molar-refractivity contribution in [2.24, 2.45) is 5.92 Å². The van der Waals surface area contributed by atoms with E-state index in [9.17, 15) is 4.79 Å². The van der Waals surface area contributed by atoms with Crippen LogP contribution in [0.4, 0.5) is 17.5 Å². The van der Waals surface area contributed by atoms with Gasteiger partial charge in [-0.15, -0.1) is 0 Å². The number of halogens is 1. The van der Waals surface area contributed by atoms with Gasteiger partial charge in [0, 0.05) is 37.1 Å². The lowest BCUT2D eigenvalue weighted by Gasteiger charge is -2.21. The zero-order valence-corrected chi connectivity index (χ0v) is 19.0. The molecule has 8 nitrogen and oxygen atoms in total. The van der Waals surface area contributed by atoms with Crippen LogP contribution in [0.1, 0.15) is 25.8 Å². The molecule has 3 rings (SSSR count). The van der Waals surface area contributed by atoms with E-state index in [0.717, 1.165) is 5.56 Å². The molecule has 3 aromatic rings. The van der Waals surface area contributed by atoms with Crippen LogP contribution in [0, 0.1) is 12.5 Å². The fraction of sp³-hybridized carbons (Fsp3) is 0.304. The second-order valence-electron chi connectivity index (χ2n) is 7.71. The summed E-state index contributed by atoms with van der Waals surface area (Å²) in [6.07, 6.45) is 4.41. The molecule has 0 bridgehead atoms. The van der Waals surface area contributed by atoms with Gasteiger partial charge in [-0.2, -0.15) is 9.97 Å². The summed E-state index contributed by atoms with van der Waals surface area (Å²) in [5, 5.41) is 9.63. The molecule has 1 atom stereocenters. The highest BCUT2D eigenvalue weighted by Crippen LogP contribution is 2.23. The van der Waals surface area contributed by atoms with Crippen LogP contribution in [-0.4, -0.2) is 33.5 Å². The predicted molar refractivity (Wildman–Crippen MR) is 127 cm³/mol. The monoisotopic (exact) mass is 451 g/mol. The van der Waals surface area contributed by atoms with Crippen LogP contribution in [0.3, 0.4) is 0 Å². The Balaban J connectivity index is 1.77. The molecule has 9 heteroatoms. The Morgan fingerprint density at radius 3 is 2.59 bits per heavy atom. The first kappa shape index (κ1) is 23.1. The number of hydrogen-bond donors (Lipinski definition) is 3. The number of carbonyl (C=O) groups is 1. The molecular formula is C23H26ClN7O. The van der Waals surface area contributed by atoms with E-state index in [2.05, 4.69) is 44.6 Å². The lowest BCUT2D eigenvalue weighted by molar-refractivity contribution is -0.122. The van der Waals surface area contributed by atoms with E-state index in [1.54, 1.807) is 31.3 Å². The largest absolute Gasteiger partial charge is 0.358 e. The van der Waals surface area contributed by atoms with Crippen LogP contribution in [0.25, 0.3) is 10.7 Å². The third kappa shape index (κ3) is 5.99. The maximum absolute atomic E-state index is 13.0. The van der Waals surface area contributed by atoms with Crippen LogP contribution in [-0.2, 0) is 11.3 Å². The first-order valence-electron chi connectivity index (χ1n) is 10.3. The zero-order chi connectivity index (χ0) is 23.1. The first-order valence-corrected chi connectivity index (χ1v) is 10.7. The average Bonchev–Trinajstić information content (AvgIpc) is 3.32. The molecule has 166 valence electrons. The molecule has 0 radical (unpaired) electrons. The molecule has 0 aliphatic rings.